The molecule has 2 saturated heterocycles. The van der Waals surface area contributed by atoms with Crippen LogP contribution in [0.3, 0.4) is 0 Å². The number of carbonyl (C=O) groups excluding carboxylic acids is 3. The average Bonchev–Trinajstić information content (AvgIpc) is 3.30. The predicted octanol–water partition coefficient (Wildman–Crippen LogP) is 1.20. The van der Waals surface area contributed by atoms with Crippen LogP contribution in [0.2, 0.25) is 0 Å². The first-order valence-corrected chi connectivity index (χ1v) is 15.1. The summed E-state index contributed by atoms with van der Waals surface area (Å²) in [5, 5.41) is 2.87. The summed E-state index contributed by atoms with van der Waals surface area (Å²) < 4.78 is 29.0. The van der Waals surface area contributed by atoms with Gasteiger partial charge in [0.15, 0.2) is 0 Å². The summed E-state index contributed by atoms with van der Waals surface area (Å²) in [6.45, 7) is 14.9. The van der Waals surface area contributed by atoms with Crippen molar-refractivity contribution in [1.29, 1.82) is 0 Å². The first-order chi connectivity index (χ1) is 17.7. The van der Waals surface area contributed by atoms with Gasteiger partial charge in [-0.1, -0.05) is 38.5 Å². The first-order valence-electron chi connectivity index (χ1n) is 13.7. The topological polar surface area (TPSA) is 142 Å². The van der Waals surface area contributed by atoms with Crippen molar-refractivity contribution in [3.63, 3.8) is 0 Å². The Kier molecular flexibility index (Phi) is 6.21. The highest BCUT2D eigenvalue weighted by Gasteiger charge is 2.85. The number of hydrogen-bond acceptors (Lipinski definition) is 6. The Morgan fingerprint density at radius 3 is 2.18 bits per heavy atom. The number of nitrogens with zero attached hydrogens (tertiary/aromatic N) is 2. The van der Waals surface area contributed by atoms with Crippen molar-refractivity contribution in [3.05, 3.63) is 24.8 Å². The molecule has 210 valence electrons. The van der Waals surface area contributed by atoms with Crippen molar-refractivity contribution in [3.8, 4) is 0 Å². The van der Waals surface area contributed by atoms with Gasteiger partial charge in [-0.3, -0.25) is 14.4 Å². The molecule has 0 aromatic rings. The lowest BCUT2D eigenvalue weighted by molar-refractivity contribution is -0.140. The molecule has 5 fully saturated rings. The molecule has 5 aliphatic rings. The number of nitrogens with two attached hydrogens (primary N) is 1. The lowest BCUT2D eigenvalue weighted by Crippen LogP contribution is -2.58. The lowest BCUT2D eigenvalue weighted by Gasteiger charge is -2.32. The van der Waals surface area contributed by atoms with Gasteiger partial charge in [0.1, 0.15) is 17.6 Å². The van der Waals surface area contributed by atoms with Crippen LogP contribution >= 0.6 is 0 Å². The summed E-state index contributed by atoms with van der Waals surface area (Å²) in [5.41, 5.74) is 5.16. The molecule has 3 amide bonds. The van der Waals surface area contributed by atoms with E-state index < -0.39 is 45.6 Å². The van der Waals surface area contributed by atoms with Crippen LogP contribution in [-0.4, -0.2) is 72.6 Å². The third-order valence-corrected chi connectivity index (χ3v) is 12.4. The van der Waals surface area contributed by atoms with Gasteiger partial charge in [0.2, 0.25) is 11.8 Å². The standard InChI is InChI=1S/C27H41N5O5S/c1-6-18-14-27(18,23(35)30-38(36,37)31-12-7-8-13-31)29-21(33)19-15-26(24(4,5)25(26)10-9-11-25)16-32(19)22(34)20(28)17(2)3/h6,18-20H,1-2,7-16,28H2,3-5H3,(H,29,33)(H,30,35)/t18-,19+,20+,26-,27-/m1/s1. The molecule has 11 heteroatoms. The fourth-order valence-electron chi connectivity index (χ4n) is 7.99. The number of likely N-dealkylation sites (tertiary alicyclic amines) is 1. The second-order valence-electron chi connectivity index (χ2n) is 12.7. The molecule has 5 atom stereocenters. The summed E-state index contributed by atoms with van der Waals surface area (Å²) in [5.74, 6) is -1.99. The Hall–Kier alpha value is -2.24. The van der Waals surface area contributed by atoms with Crippen LogP contribution in [-0.2, 0) is 24.6 Å². The zero-order valence-electron chi connectivity index (χ0n) is 22.7. The van der Waals surface area contributed by atoms with E-state index in [1.54, 1.807) is 17.9 Å². The molecule has 5 rings (SSSR count). The van der Waals surface area contributed by atoms with Crippen LogP contribution in [0.1, 0.15) is 65.7 Å². The van der Waals surface area contributed by atoms with Gasteiger partial charge in [-0.15, -0.1) is 6.58 Å². The molecule has 0 bridgehead atoms. The van der Waals surface area contributed by atoms with E-state index in [0.29, 0.717) is 31.6 Å². The molecular formula is C27H41N5O5S. The zero-order chi connectivity index (χ0) is 27.9. The molecule has 38 heavy (non-hydrogen) atoms. The maximum atomic E-state index is 13.9. The van der Waals surface area contributed by atoms with Crippen LogP contribution in [0.15, 0.2) is 24.8 Å². The van der Waals surface area contributed by atoms with E-state index >= 15 is 0 Å². The van der Waals surface area contributed by atoms with Gasteiger partial charge in [-0.25, -0.2) is 4.72 Å². The van der Waals surface area contributed by atoms with Crippen molar-refractivity contribution >= 4 is 27.9 Å². The van der Waals surface area contributed by atoms with Crippen molar-refractivity contribution in [2.24, 2.45) is 27.9 Å². The zero-order valence-corrected chi connectivity index (χ0v) is 23.5. The molecule has 0 aromatic heterocycles. The third kappa shape index (κ3) is 3.57. The summed E-state index contributed by atoms with van der Waals surface area (Å²) in [4.78, 5) is 42.3. The van der Waals surface area contributed by atoms with Gasteiger partial charge in [-0.2, -0.15) is 12.7 Å². The van der Waals surface area contributed by atoms with Crippen LogP contribution < -0.4 is 15.8 Å². The smallest absolute Gasteiger partial charge is 0.303 e. The Morgan fingerprint density at radius 1 is 1.08 bits per heavy atom. The highest BCUT2D eigenvalue weighted by atomic mass is 32.2. The molecule has 2 heterocycles. The Bertz CT molecular complexity index is 1200. The van der Waals surface area contributed by atoms with Gasteiger partial charge in [0.05, 0.1) is 0 Å². The van der Waals surface area contributed by atoms with Crippen LogP contribution in [0.5, 0.6) is 0 Å². The largest absolute Gasteiger partial charge is 0.339 e. The number of carbonyl (C=O) groups is 3. The number of hydrogen-bond donors (Lipinski definition) is 3. The Labute approximate surface area is 225 Å². The Balaban J connectivity index is 1.39. The molecule has 10 nitrogen and oxygen atoms in total. The molecule has 0 aromatic carbocycles. The van der Waals surface area contributed by atoms with Crippen LogP contribution in [0, 0.1) is 22.2 Å². The maximum Gasteiger partial charge on any atom is 0.303 e. The number of fused-ring (bicyclic) bond motifs is 1. The second-order valence-corrected chi connectivity index (χ2v) is 14.4. The molecule has 2 spiro atoms. The van der Waals surface area contributed by atoms with Crippen LogP contribution in [0.25, 0.3) is 0 Å². The van der Waals surface area contributed by atoms with E-state index in [9.17, 15) is 22.8 Å². The van der Waals surface area contributed by atoms with Crippen molar-refractivity contribution in [1.82, 2.24) is 19.2 Å². The highest BCUT2D eigenvalue weighted by molar-refractivity contribution is 7.87. The van der Waals surface area contributed by atoms with Gasteiger partial charge in [0.25, 0.3) is 5.91 Å². The quantitative estimate of drug-likeness (QED) is 0.390. The van der Waals surface area contributed by atoms with Crippen molar-refractivity contribution in [2.45, 2.75) is 83.3 Å². The number of amides is 3. The second kappa shape index (κ2) is 8.63. The number of rotatable bonds is 8. The molecule has 3 aliphatic carbocycles. The molecule has 3 saturated carbocycles. The molecule has 0 radical (unpaired) electrons. The summed E-state index contributed by atoms with van der Waals surface area (Å²) >= 11 is 0. The highest BCUT2D eigenvalue weighted by Crippen LogP contribution is 2.88. The monoisotopic (exact) mass is 547 g/mol. The summed E-state index contributed by atoms with van der Waals surface area (Å²) in [7, 11) is -4.01. The van der Waals surface area contributed by atoms with E-state index in [2.05, 4.69) is 37.0 Å². The fraction of sp³-hybridized carbons (Fsp3) is 0.741. The molecule has 2 aliphatic heterocycles. The molecular weight excluding hydrogens is 506 g/mol. The third-order valence-electron chi connectivity index (χ3n) is 10.9. The first kappa shape index (κ1) is 27.3. The van der Waals surface area contributed by atoms with E-state index in [-0.39, 0.29) is 28.6 Å². The normalized spacial score (nSPS) is 35.4. The molecule has 4 N–H and O–H groups in total. The van der Waals surface area contributed by atoms with Crippen molar-refractivity contribution < 1.29 is 22.8 Å². The van der Waals surface area contributed by atoms with Crippen molar-refractivity contribution in [2.75, 3.05) is 19.6 Å². The van der Waals surface area contributed by atoms with E-state index in [4.69, 9.17) is 5.73 Å². The molecule has 0 unspecified atom stereocenters. The van der Waals surface area contributed by atoms with Gasteiger partial charge in [-0.05, 0) is 56.3 Å². The lowest BCUT2D eigenvalue weighted by atomic mass is 9.73. The average molecular weight is 548 g/mol. The van der Waals surface area contributed by atoms with Gasteiger partial charge < -0.3 is 16.0 Å². The minimum atomic E-state index is -4.01. The minimum absolute atomic E-state index is 0.0266. The number of nitrogens with one attached hydrogen (secondary N) is 2. The Morgan fingerprint density at radius 2 is 1.71 bits per heavy atom. The SMILES string of the molecule is C=C[C@@H]1C[C@]1(NC(=O)[C@@H]1C[C@@]2(CN1C(=O)[C@@H](N)C(=C)C)C(C)(C)C21CCC1)C(=O)NS(=O)(=O)N1CCCC1. The fourth-order valence-corrected chi connectivity index (χ4v) is 9.28. The van der Waals surface area contributed by atoms with E-state index in [1.165, 1.54) is 4.31 Å². The maximum absolute atomic E-state index is 13.9. The minimum Gasteiger partial charge on any atom is -0.339 e. The van der Waals surface area contributed by atoms with E-state index in [0.717, 1.165) is 32.1 Å². The van der Waals surface area contributed by atoms with Gasteiger partial charge in [0, 0.05) is 31.0 Å². The predicted molar refractivity (Wildman–Crippen MR) is 142 cm³/mol. The summed E-state index contributed by atoms with van der Waals surface area (Å²) in [6, 6.07) is -1.73. The van der Waals surface area contributed by atoms with E-state index in [1.807, 2.05) is 0 Å². The summed E-state index contributed by atoms with van der Waals surface area (Å²) in [6.07, 6.45) is 7.06. The van der Waals surface area contributed by atoms with Gasteiger partial charge >= 0.3 is 10.2 Å². The van der Waals surface area contributed by atoms with Crippen LogP contribution in [0.4, 0.5) is 0 Å².